The number of carbonyl (C=O) groups is 4. The molecule has 5 atom stereocenters. The number of likely N-dealkylation sites (N-methyl/N-ethyl adjacent to an activating group) is 1. The molecule has 9 heteroatoms. The first-order chi connectivity index (χ1) is 21.5. The molecule has 2 N–H and O–H groups in total. The number of likely N-dealkylation sites (tertiary alicyclic amines) is 2. The predicted molar refractivity (Wildman–Crippen MR) is 185 cm³/mol. The highest BCUT2D eigenvalue weighted by Gasteiger charge is 2.41. The summed E-state index contributed by atoms with van der Waals surface area (Å²) in [4.78, 5) is 60.7. The highest BCUT2D eigenvalue weighted by Crippen LogP contribution is 2.29. The van der Waals surface area contributed by atoms with E-state index in [0.29, 0.717) is 24.5 Å². The van der Waals surface area contributed by atoms with Gasteiger partial charge in [-0.3, -0.25) is 24.1 Å². The van der Waals surface area contributed by atoms with Gasteiger partial charge in [0.25, 0.3) is 0 Å². The molecule has 262 valence electrons. The van der Waals surface area contributed by atoms with Crippen LogP contribution in [0.5, 0.6) is 0 Å². The summed E-state index contributed by atoms with van der Waals surface area (Å²) in [6.07, 6.45) is 12.2. The van der Waals surface area contributed by atoms with Crippen molar-refractivity contribution < 1.29 is 19.2 Å². The van der Waals surface area contributed by atoms with E-state index in [1.54, 1.807) is 23.8 Å². The Hall–Kier alpha value is -2.42. The van der Waals surface area contributed by atoms with Crippen LogP contribution in [0.15, 0.2) is 11.6 Å². The fourth-order valence-corrected chi connectivity index (χ4v) is 7.75. The first-order valence-electron chi connectivity index (χ1n) is 18.2. The first kappa shape index (κ1) is 38.0. The molecule has 3 aliphatic rings. The van der Waals surface area contributed by atoms with Gasteiger partial charge in [-0.15, -0.1) is 0 Å². The molecule has 0 aromatic heterocycles. The summed E-state index contributed by atoms with van der Waals surface area (Å²) in [5.74, 6) is 0.0656. The molecular formula is C37H65N5O4. The molecule has 2 aliphatic heterocycles. The van der Waals surface area contributed by atoms with E-state index in [1.807, 2.05) is 40.7 Å². The van der Waals surface area contributed by atoms with Gasteiger partial charge in [-0.05, 0) is 90.0 Å². The Kier molecular flexibility index (Phi) is 13.7. The largest absolute Gasteiger partial charge is 0.352 e. The van der Waals surface area contributed by atoms with Crippen LogP contribution in [0.25, 0.3) is 0 Å². The van der Waals surface area contributed by atoms with E-state index >= 15 is 0 Å². The topological polar surface area (TPSA) is 102 Å². The van der Waals surface area contributed by atoms with Crippen molar-refractivity contribution in [3.8, 4) is 0 Å². The summed E-state index contributed by atoms with van der Waals surface area (Å²) >= 11 is 0. The smallest absolute Gasteiger partial charge is 0.249 e. The van der Waals surface area contributed by atoms with E-state index in [9.17, 15) is 19.2 Å². The quantitative estimate of drug-likeness (QED) is 0.298. The average molecular weight is 644 g/mol. The molecule has 0 aromatic carbocycles. The summed E-state index contributed by atoms with van der Waals surface area (Å²) in [6.45, 7) is 19.6. The Morgan fingerprint density at radius 2 is 1.37 bits per heavy atom. The molecule has 0 bridgehead atoms. The van der Waals surface area contributed by atoms with Gasteiger partial charge in [0, 0.05) is 31.2 Å². The van der Waals surface area contributed by atoms with Crippen LogP contribution in [0.2, 0.25) is 0 Å². The van der Waals surface area contributed by atoms with Crippen LogP contribution >= 0.6 is 0 Å². The monoisotopic (exact) mass is 644 g/mol. The molecular weight excluding hydrogens is 578 g/mol. The maximum absolute atomic E-state index is 14.2. The van der Waals surface area contributed by atoms with Crippen molar-refractivity contribution in [1.82, 2.24) is 25.3 Å². The van der Waals surface area contributed by atoms with Crippen LogP contribution in [0.4, 0.5) is 0 Å². The fourth-order valence-electron chi connectivity index (χ4n) is 7.75. The molecule has 1 aliphatic carbocycles. The van der Waals surface area contributed by atoms with Crippen LogP contribution in [0.3, 0.4) is 0 Å². The van der Waals surface area contributed by atoms with Crippen LogP contribution in [-0.2, 0) is 19.2 Å². The van der Waals surface area contributed by atoms with Gasteiger partial charge >= 0.3 is 0 Å². The van der Waals surface area contributed by atoms with Crippen molar-refractivity contribution in [3.63, 3.8) is 0 Å². The fraction of sp³-hybridized carbons (Fsp3) is 0.838. The van der Waals surface area contributed by atoms with Gasteiger partial charge in [-0.1, -0.05) is 66.4 Å². The molecule has 0 aromatic rings. The van der Waals surface area contributed by atoms with Crippen LogP contribution in [0, 0.1) is 17.3 Å². The zero-order valence-electron chi connectivity index (χ0n) is 30.7. The van der Waals surface area contributed by atoms with E-state index in [0.717, 1.165) is 45.1 Å². The van der Waals surface area contributed by atoms with Gasteiger partial charge < -0.3 is 20.4 Å². The second kappa shape index (κ2) is 16.6. The van der Waals surface area contributed by atoms with E-state index in [4.69, 9.17) is 0 Å². The molecule has 1 saturated carbocycles. The Bertz CT molecular complexity index is 1090. The number of nitrogens with zero attached hydrogens (tertiary/aromatic N) is 3. The van der Waals surface area contributed by atoms with Gasteiger partial charge in [-0.25, -0.2) is 0 Å². The van der Waals surface area contributed by atoms with Crippen LogP contribution in [-0.4, -0.2) is 94.7 Å². The summed E-state index contributed by atoms with van der Waals surface area (Å²) in [7, 11) is 1.77. The average Bonchev–Trinajstić information content (AvgIpc) is 3.51. The minimum Gasteiger partial charge on any atom is -0.352 e. The lowest BCUT2D eigenvalue weighted by Gasteiger charge is -2.41. The van der Waals surface area contributed by atoms with E-state index in [2.05, 4.69) is 36.3 Å². The highest BCUT2D eigenvalue weighted by molar-refractivity contribution is 5.97. The highest BCUT2D eigenvalue weighted by atomic mass is 16.2. The third-order valence-corrected chi connectivity index (χ3v) is 10.7. The number of hydrogen-bond donors (Lipinski definition) is 2. The maximum atomic E-state index is 14.2. The first-order valence-corrected chi connectivity index (χ1v) is 18.2. The molecule has 3 fully saturated rings. The number of amides is 4. The normalized spacial score (nSPS) is 24.1. The minimum atomic E-state index is -0.718. The minimum absolute atomic E-state index is 0.0248. The SMILES string of the molecule is CC(=C[C@H](C(C)C)N(C)C(=O)[C@@H](NC(=O)[C@H]1CCCCN1C(C)C)C(C)(C)C)C(=O)N1CCC[C@H]1C(=O)NC(C)C1CCCCC1. The Labute approximate surface area is 279 Å². The number of rotatable bonds is 11. The zero-order valence-corrected chi connectivity index (χ0v) is 30.7. The number of hydrogen-bond acceptors (Lipinski definition) is 5. The van der Waals surface area contributed by atoms with Crippen LogP contribution < -0.4 is 10.6 Å². The van der Waals surface area contributed by atoms with Gasteiger partial charge in [-0.2, -0.15) is 0 Å². The van der Waals surface area contributed by atoms with Crippen LogP contribution in [0.1, 0.15) is 127 Å². The zero-order chi connectivity index (χ0) is 34.3. The van der Waals surface area contributed by atoms with Gasteiger partial charge in [0.2, 0.25) is 23.6 Å². The third kappa shape index (κ3) is 9.57. The Morgan fingerprint density at radius 3 is 1.96 bits per heavy atom. The summed E-state index contributed by atoms with van der Waals surface area (Å²) < 4.78 is 0. The molecule has 2 saturated heterocycles. The van der Waals surface area contributed by atoms with Gasteiger partial charge in [0.15, 0.2) is 0 Å². The number of carbonyl (C=O) groups excluding carboxylic acids is 4. The van der Waals surface area contributed by atoms with Crippen molar-refractivity contribution in [1.29, 1.82) is 0 Å². The summed E-state index contributed by atoms with van der Waals surface area (Å²) in [6, 6.07) is -1.43. The van der Waals surface area contributed by atoms with Crippen molar-refractivity contribution in [2.24, 2.45) is 17.3 Å². The molecule has 0 radical (unpaired) electrons. The lowest BCUT2D eigenvalue weighted by atomic mass is 9.84. The molecule has 1 unspecified atom stereocenters. The molecule has 2 heterocycles. The molecule has 0 spiro atoms. The van der Waals surface area contributed by atoms with Gasteiger partial charge in [0.05, 0.1) is 12.1 Å². The molecule has 4 amide bonds. The van der Waals surface area contributed by atoms with Crippen molar-refractivity contribution >= 4 is 23.6 Å². The Morgan fingerprint density at radius 1 is 0.783 bits per heavy atom. The lowest BCUT2D eigenvalue weighted by Crippen LogP contribution is -2.60. The van der Waals surface area contributed by atoms with Crippen molar-refractivity contribution in [2.45, 2.75) is 163 Å². The predicted octanol–water partition coefficient (Wildman–Crippen LogP) is 5.29. The van der Waals surface area contributed by atoms with E-state index < -0.39 is 17.5 Å². The van der Waals surface area contributed by atoms with E-state index in [1.165, 1.54) is 19.3 Å². The molecule has 3 rings (SSSR count). The van der Waals surface area contributed by atoms with Crippen molar-refractivity contribution in [2.75, 3.05) is 20.1 Å². The third-order valence-electron chi connectivity index (χ3n) is 10.7. The molecule has 46 heavy (non-hydrogen) atoms. The van der Waals surface area contributed by atoms with Crippen molar-refractivity contribution in [3.05, 3.63) is 11.6 Å². The standard InChI is InChI=1S/C37H65N5O4/c1-24(2)31(40(10)36(46)32(37(7,8)9)39-34(44)29-19-14-15-21-41(29)25(3)4)23-26(5)35(45)42-22-16-20-30(42)33(43)38-27(6)28-17-12-11-13-18-28/h23-25,27-32H,11-22H2,1-10H3,(H,38,43)(H,39,44)/t27?,29-,30+,31-,32-/m1/s1. The lowest BCUT2D eigenvalue weighted by molar-refractivity contribution is -0.142. The second-order valence-corrected chi connectivity index (χ2v) is 16.0. The number of nitrogens with one attached hydrogen (secondary N) is 2. The summed E-state index contributed by atoms with van der Waals surface area (Å²) in [5, 5.41) is 6.39. The molecule has 9 nitrogen and oxygen atoms in total. The summed E-state index contributed by atoms with van der Waals surface area (Å²) in [5.41, 5.74) is 0.0174. The number of piperidine rings is 1. The maximum Gasteiger partial charge on any atom is 0.249 e. The Balaban J connectivity index is 1.74. The van der Waals surface area contributed by atoms with Gasteiger partial charge in [0.1, 0.15) is 12.1 Å². The van der Waals surface area contributed by atoms with E-state index in [-0.39, 0.29) is 53.7 Å². The second-order valence-electron chi connectivity index (χ2n) is 16.0.